The molecule has 6 nitrogen and oxygen atoms in total. The van der Waals surface area contributed by atoms with Crippen molar-refractivity contribution in [2.45, 2.75) is 52.1 Å². The highest BCUT2D eigenvalue weighted by Crippen LogP contribution is 2.22. The molecule has 0 aliphatic carbocycles. The van der Waals surface area contributed by atoms with E-state index in [0.717, 1.165) is 36.6 Å². The summed E-state index contributed by atoms with van der Waals surface area (Å²) in [7, 11) is 0. The highest BCUT2D eigenvalue weighted by atomic mass is 16.5. The lowest BCUT2D eigenvalue weighted by molar-refractivity contribution is -0.123. The Morgan fingerprint density at radius 2 is 2.15 bits per heavy atom. The number of hydrogen-bond donors (Lipinski definition) is 2. The normalized spacial score (nSPS) is 13.0. The quantitative estimate of drug-likeness (QED) is 0.493. The molecule has 6 heteroatoms. The Balaban J connectivity index is 1.69. The molecule has 0 bridgehead atoms. The number of benzene rings is 1. The summed E-state index contributed by atoms with van der Waals surface area (Å²) < 4.78 is 5.57. The summed E-state index contributed by atoms with van der Waals surface area (Å²) in [5.41, 5.74) is 2.60. The van der Waals surface area contributed by atoms with Crippen LogP contribution in [0.5, 0.6) is 5.75 Å². The third-order valence-corrected chi connectivity index (χ3v) is 4.23. The van der Waals surface area contributed by atoms with E-state index in [4.69, 9.17) is 4.74 Å². The molecule has 2 aromatic rings. The summed E-state index contributed by atoms with van der Waals surface area (Å²) >= 11 is 0. The molecular weight excluding hydrogens is 342 g/mol. The predicted molar refractivity (Wildman–Crippen MR) is 108 cm³/mol. The zero-order valence-corrected chi connectivity index (χ0v) is 16.3. The van der Waals surface area contributed by atoms with Gasteiger partial charge >= 0.3 is 0 Å². The number of ether oxygens (including phenoxy) is 1. The Morgan fingerprint density at radius 1 is 1.37 bits per heavy atom. The van der Waals surface area contributed by atoms with E-state index in [1.54, 1.807) is 18.5 Å². The van der Waals surface area contributed by atoms with Gasteiger partial charge in [-0.1, -0.05) is 38.0 Å². The van der Waals surface area contributed by atoms with Gasteiger partial charge in [-0.25, -0.2) is 5.43 Å². The fourth-order valence-corrected chi connectivity index (χ4v) is 2.72. The first kappa shape index (κ1) is 20.8. The Morgan fingerprint density at radius 3 is 2.93 bits per heavy atom. The molecule has 1 aromatic heterocycles. The zero-order chi connectivity index (χ0) is 19.7. The first-order valence-corrected chi connectivity index (χ1v) is 9.34. The van der Waals surface area contributed by atoms with E-state index in [0.29, 0.717) is 11.7 Å². The van der Waals surface area contributed by atoms with Crippen LogP contribution in [0.1, 0.15) is 46.5 Å². The molecule has 0 saturated heterocycles. The van der Waals surface area contributed by atoms with Gasteiger partial charge in [0.25, 0.3) is 5.91 Å². The number of hydrogen-bond acceptors (Lipinski definition) is 5. The predicted octanol–water partition coefficient (Wildman–Crippen LogP) is 3.68. The summed E-state index contributed by atoms with van der Waals surface area (Å²) in [6.45, 7) is 5.67. The van der Waals surface area contributed by atoms with E-state index < -0.39 is 5.60 Å². The molecule has 146 valence electrons. The van der Waals surface area contributed by atoms with Gasteiger partial charge in [-0.2, -0.15) is 5.10 Å². The maximum atomic E-state index is 11.9. The number of amides is 1. The van der Waals surface area contributed by atoms with Crippen LogP contribution >= 0.6 is 0 Å². The van der Waals surface area contributed by atoms with Gasteiger partial charge in [-0.3, -0.25) is 9.78 Å². The minimum Gasteiger partial charge on any atom is -0.481 e. The van der Waals surface area contributed by atoms with Gasteiger partial charge in [-0.05, 0) is 44.7 Å². The van der Waals surface area contributed by atoms with Crippen molar-refractivity contribution in [2.24, 2.45) is 11.0 Å². The topological polar surface area (TPSA) is 83.8 Å². The van der Waals surface area contributed by atoms with Gasteiger partial charge in [0.2, 0.25) is 0 Å². The van der Waals surface area contributed by atoms with E-state index >= 15 is 0 Å². The van der Waals surface area contributed by atoms with Crippen LogP contribution in [0.25, 0.3) is 10.9 Å². The third-order valence-electron chi connectivity index (χ3n) is 4.23. The van der Waals surface area contributed by atoms with Crippen molar-refractivity contribution >= 4 is 23.0 Å². The number of hydrazone groups is 1. The summed E-state index contributed by atoms with van der Waals surface area (Å²) in [6, 6.07) is 9.42. The molecule has 0 aliphatic heterocycles. The van der Waals surface area contributed by atoms with Gasteiger partial charge in [-0.15, -0.1) is 0 Å². The number of nitrogens with zero attached hydrogens (tertiary/aromatic N) is 2. The van der Waals surface area contributed by atoms with Crippen LogP contribution < -0.4 is 10.2 Å². The molecule has 1 aromatic carbocycles. The number of rotatable bonds is 10. The molecule has 2 rings (SSSR count). The molecule has 0 spiro atoms. The monoisotopic (exact) mass is 371 g/mol. The zero-order valence-electron chi connectivity index (χ0n) is 16.3. The Labute approximate surface area is 160 Å². The first-order chi connectivity index (χ1) is 12.8. The summed E-state index contributed by atoms with van der Waals surface area (Å²) in [6.07, 6.45) is 6.96. The number of fused-ring (bicyclic) bond motifs is 1. The average Bonchev–Trinajstić information content (AvgIpc) is 2.62. The molecular formula is C21H29N3O3. The second kappa shape index (κ2) is 10.0. The maximum Gasteiger partial charge on any atom is 0.277 e. The van der Waals surface area contributed by atoms with E-state index in [1.807, 2.05) is 38.1 Å². The third kappa shape index (κ3) is 7.74. The van der Waals surface area contributed by atoms with Crippen molar-refractivity contribution in [3.8, 4) is 5.75 Å². The largest absolute Gasteiger partial charge is 0.481 e. The molecule has 0 fully saturated rings. The number of carbonyl (C=O) groups excluding carboxylic acids is 1. The van der Waals surface area contributed by atoms with Gasteiger partial charge in [0.05, 0.1) is 5.60 Å². The van der Waals surface area contributed by atoms with Crippen LogP contribution in [0.15, 0.2) is 41.6 Å². The minimum atomic E-state index is -0.610. The molecule has 0 radical (unpaired) electrons. The lowest BCUT2D eigenvalue weighted by atomic mass is 9.95. The molecule has 0 aliphatic rings. The Bertz CT molecular complexity index is 763. The molecule has 0 saturated carbocycles. The van der Waals surface area contributed by atoms with Gasteiger partial charge in [0.1, 0.15) is 11.3 Å². The highest BCUT2D eigenvalue weighted by molar-refractivity contribution is 5.85. The number of carbonyl (C=O) groups is 1. The lowest BCUT2D eigenvalue weighted by Crippen LogP contribution is -2.24. The van der Waals surface area contributed by atoms with Crippen LogP contribution in [0, 0.1) is 5.92 Å². The van der Waals surface area contributed by atoms with Crippen LogP contribution in [0.3, 0.4) is 0 Å². The minimum absolute atomic E-state index is 0.117. The maximum absolute atomic E-state index is 11.9. The van der Waals surface area contributed by atoms with Gasteiger partial charge in [0, 0.05) is 17.8 Å². The van der Waals surface area contributed by atoms with Crippen molar-refractivity contribution in [1.82, 2.24) is 10.4 Å². The van der Waals surface area contributed by atoms with Crippen LogP contribution in [-0.2, 0) is 4.79 Å². The van der Waals surface area contributed by atoms with E-state index in [9.17, 15) is 9.90 Å². The van der Waals surface area contributed by atoms with Gasteiger partial charge < -0.3 is 9.84 Å². The van der Waals surface area contributed by atoms with Crippen LogP contribution in [-0.4, -0.2) is 34.4 Å². The smallest absolute Gasteiger partial charge is 0.277 e. The van der Waals surface area contributed by atoms with Crippen molar-refractivity contribution in [3.05, 3.63) is 36.5 Å². The van der Waals surface area contributed by atoms with Gasteiger partial charge in [0.15, 0.2) is 6.61 Å². The molecule has 1 atom stereocenters. The lowest BCUT2D eigenvalue weighted by Gasteiger charge is -2.17. The van der Waals surface area contributed by atoms with E-state index in [2.05, 4.69) is 22.4 Å². The van der Waals surface area contributed by atoms with Crippen molar-refractivity contribution in [2.75, 3.05) is 6.61 Å². The number of nitrogens with one attached hydrogen (secondary N) is 1. The SMILES string of the molecule is CC(CC=NNC(=O)COc1cccc2cccnc12)CCCC(C)(C)O. The number of aliphatic hydroxyl groups is 1. The number of para-hydroxylation sites is 1. The molecule has 1 unspecified atom stereocenters. The standard InChI is InChI=1S/C21H29N3O3/c1-16(7-5-12-21(2,3)26)11-14-23-24-19(25)15-27-18-10-4-8-17-9-6-13-22-20(17)18/h4,6,8-10,13-14,16,26H,5,7,11-12,15H2,1-3H3,(H,24,25). The first-order valence-electron chi connectivity index (χ1n) is 9.34. The summed E-state index contributed by atoms with van der Waals surface area (Å²) in [5, 5.41) is 14.6. The highest BCUT2D eigenvalue weighted by Gasteiger charge is 2.12. The van der Waals surface area contributed by atoms with Crippen LogP contribution in [0.2, 0.25) is 0 Å². The fourth-order valence-electron chi connectivity index (χ4n) is 2.72. The number of pyridine rings is 1. The average molecular weight is 371 g/mol. The van der Waals surface area contributed by atoms with E-state index in [1.165, 1.54) is 0 Å². The molecule has 2 N–H and O–H groups in total. The Kier molecular flexibility index (Phi) is 7.73. The summed E-state index contributed by atoms with van der Waals surface area (Å²) in [4.78, 5) is 16.2. The molecule has 1 amide bonds. The van der Waals surface area contributed by atoms with E-state index in [-0.39, 0.29) is 12.5 Å². The van der Waals surface area contributed by atoms with Crippen molar-refractivity contribution in [3.63, 3.8) is 0 Å². The van der Waals surface area contributed by atoms with Crippen LogP contribution in [0.4, 0.5) is 0 Å². The fraction of sp³-hybridized carbons (Fsp3) is 0.476. The van der Waals surface area contributed by atoms with Crippen molar-refractivity contribution < 1.29 is 14.6 Å². The molecule has 1 heterocycles. The second-order valence-electron chi connectivity index (χ2n) is 7.51. The Hall–Kier alpha value is -2.47. The summed E-state index contributed by atoms with van der Waals surface area (Å²) in [5.74, 6) is 0.715. The number of aromatic nitrogens is 1. The molecule has 27 heavy (non-hydrogen) atoms. The second-order valence-corrected chi connectivity index (χ2v) is 7.51. The van der Waals surface area contributed by atoms with Crippen molar-refractivity contribution in [1.29, 1.82) is 0 Å².